The van der Waals surface area contributed by atoms with E-state index in [1.165, 1.54) is 18.8 Å². The average Bonchev–Trinajstić information content (AvgIpc) is 2.31. The molecular weight excluding hydrogens is 224 g/mol. The highest BCUT2D eigenvalue weighted by Gasteiger charge is 2.07. The van der Waals surface area contributed by atoms with Gasteiger partial charge in [0, 0.05) is 19.2 Å². The molecule has 4 nitrogen and oxygen atoms in total. The van der Waals surface area contributed by atoms with E-state index in [-0.39, 0.29) is 0 Å². The predicted molar refractivity (Wildman–Crippen MR) is 62.5 cm³/mol. The van der Waals surface area contributed by atoms with Gasteiger partial charge in [0.15, 0.2) is 0 Å². The van der Waals surface area contributed by atoms with Crippen molar-refractivity contribution in [2.24, 2.45) is 0 Å². The van der Waals surface area contributed by atoms with Crippen LogP contribution >= 0.6 is 11.8 Å². The molecule has 1 amide bonds. The molecule has 1 aromatic carbocycles. The van der Waals surface area contributed by atoms with Gasteiger partial charge < -0.3 is 10.1 Å². The number of nitrogens with zero attached hydrogens (tertiary/aromatic N) is 1. The number of thioether (sulfide) groups is 1. The molecule has 0 aromatic heterocycles. The summed E-state index contributed by atoms with van der Waals surface area (Å²) in [7, 11) is 1.51. The number of hydrogen-bond donors (Lipinski definition) is 1. The number of ether oxygens (including phenoxy) is 1. The summed E-state index contributed by atoms with van der Waals surface area (Å²) in [6.07, 6.45) is -0.0211. The topological polar surface area (TPSA) is 62.1 Å². The Labute approximate surface area is 98.6 Å². The number of nitrogens with one attached hydrogen (secondary N) is 1. The summed E-state index contributed by atoms with van der Waals surface area (Å²) in [5.41, 5.74) is 0. The first kappa shape index (κ1) is 12.4. The third kappa shape index (κ3) is 3.83. The summed E-state index contributed by atoms with van der Waals surface area (Å²) in [5, 5.41) is 10.8. The largest absolute Gasteiger partial charge is 0.412 e. The van der Waals surface area contributed by atoms with Gasteiger partial charge in [-0.15, -0.1) is 11.8 Å². The molecule has 16 heavy (non-hydrogen) atoms. The molecule has 0 atom stereocenters. The molecule has 0 aliphatic carbocycles. The number of carbonyl (C=O) groups excluding carboxylic acids is 1. The Hall–Kier alpha value is -1.67. The van der Waals surface area contributed by atoms with Gasteiger partial charge in [-0.1, -0.05) is 12.1 Å². The standard InChI is InChI=1S/C11H12N2O2S/c1-13-11(14)15-9-5-2-3-6-10(9)16-8-4-7-12/h2-3,5-6H,4,8H2,1H3,(H,13,14). The molecule has 0 radical (unpaired) electrons. The fourth-order valence-corrected chi connectivity index (χ4v) is 1.85. The Bertz CT molecular complexity index is 401. The molecule has 0 unspecified atom stereocenters. The Morgan fingerprint density at radius 3 is 3.00 bits per heavy atom. The van der Waals surface area contributed by atoms with Crippen molar-refractivity contribution >= 4 is 17.9 Å². The minimum Gasteiger partial charge on any atom is -0.409 e. The molecule has 0 saturated heterocycles. The molecule has 1 N–H and O–H groups in total. The van der Waals surface area contributed by atoms with Crippen molar-refractivity contribution < 1.29 is 9.53 Å². The zero-order chi connectivity index (χ0) is 11.8. The maximum absolute atomic E-state index is 11.1. The Morgan fingerprint density at radius 1 is 1.56 bits per heavy atom. The molecule has 0 aliphatic heterocycles. The molecule has 0 spiro atoms. The van der Waals surface area contributed by atoms with E-state index in [0.717, 1.165) is 4.90 Å². The lowest BCUT2D eigenvalue weighted by atomic mass is 10.3. The van der Waals surface area contributed by atoms with Crippen molar-refractivity contribution in [3.05, 3.63) is 24.3 Å². The van der Waals surface area contributed by atoms with Gasteiger partial charge in [0.25, 0.3) is 0 Å². The van der Waals surface area contributed by atoms with Crippen LogP contribution in [0.5, 0.6) is 5.75 Å². The van der Waals surface area contributed by atoms with Crippen LogP contribution in [0.1, 0.15) is 6.42 Å². The highest BCUT2D eigenvalue weighted by Crippen LogP contribution is 2.29. The number of rotatable bonds is 4. The molecule has 84 valence electrons. The molecule has 0 aliphatic rings. The molecule has 1 rings (SSSR count). The first-order valence-electron chi connectivity index (χ1n) is 4.76. The van der Waals surface area contributed by atoms with Crippen LogP contribution in [0, 0.1) is 11.3 Å². The highest BCUT2D eigenvalue weighted by molar-refractivity contribution is 7.99. The lowest BCUT2D eigenvalue weighted by Crippen LogP contribution is -2.22. The third-order valence-corrected chi connectivity index (χ3v) is 2.78. The van der Waals surface area contributed by atoms with Crippen LogP contribution in [0.15, 0.2) is 29.2 Å². The van der Waals surface area contributed by atoms with Crippen LogP contribution in [0.2, 0.25) is 0 Å². The highest BCUT2D eigenvalue weighted by atomic mass is 32.2. The van der Waals surface area contributed by atoms with Crippen molar-refractivity contribution in [2.75, 3.05) is 12.8 Å². The lowest BCUT2D eigenvalue weighted by molar-refractivity contribution is 0.202. The number of nitriles is 1. The summed E-state index contributed by atoms with van der Waals surface area (Å²) >= 11 is 1.50. The van der Waals surface area contributed by atoms with E-state index >= 15 is 0 Å². The number of hydrogen-bond acceptors (Lipinski definition) is 4. The normalized spacial score (nSPS) is 9.25. The second kappa shape index (κ2) is 6.75. The number of carbonyl (C=O) groups is 1. The van der Waals surface area contributed by atoms with E-state index in [2.05, 4.69) is 11.4 Å². The Morgan fingerprint density at radius 2 is 2.31 bits per heavy atom. The van der Waals surface area contributed by atoms with Crippen molar-refractivity contribution in [1.82, 2.24) is 5.32 Å². The monoisotopic (exact) mass is 236 g/mol. The van der Waals surface area contributed by atoms with Crippen LogP contribution < -0.4 is 10.1 Å². The SMILES string of the molecule is CNC(=O)Oc1ccccc1SCCC#N. The van der Waals surface area contributed by atoms with Crippen molar-refractivity contribution in [2.45, 2.75) is 11.3 Å². The Balaban J connectivity index is 2.68. The maximum atomic E-state index is 11.1. The summed E-state index contributed by atoms with van der Waals surface area (Å²) in [6.45, 7) is 0. The minimum atomic E-state index is -0.492. The number of para-hydroxylation sites is 1. The third-order valence-electron chi connectivity index (χ3n) is 1.73. The first-order chi connectivity index (χ1) is 7.77. The molecule has 0 heterocycles. The maximum Gasteiger partial charge on any atom is 0.412 e. The van der Waals surface area contributed by atoms with Crippen LogP contribution in [-0.2, 0) is 0 Å². The van der Waals surface area contributed by atoms with Crippen LogP contribution in [0.3, 0.4) is 0 Å². The average molecular weight is 236 g/mol. The van der Waals surface area contributed by atoms with Crippen molar-refractivity contribution in [3.8, 4) is 11.8 Å². The van der Waals surface area contributed by atoms with Crippen LogP contribution in [-0.4, -0.2) is 18.9 Å². The van der Waals surface area contributed by atoms with Gasteiger partial charge in [0.1, 0.15) is 5.75 Å². The van der Waals surface area contributed by atoms with E-state index in [1.807, 2.05) is 12.1 Å². The van der Waals surface area contributed by atoms with Gasteiger partial charge in [-0.05, 0) is 12.1 Å². The van der Waals surface area contributed by atoms with E-state index in [9.17, 15) is 4.79 Å². The van der Waals surface area contributed by atoms with Gasteiger partial charge in [0.05, 0.1) is 11.0 Å². The molecule has 0 bridgehead atoms. The fourth-order valence-electron chi connectivity index (χ4n) is 1.01. The zero-order valence-corrected chi connectivity index (χ0v) is 9.71. The second-order valence-corrected chi connectivity index (χ2v) is 3.98. The van der Waals surface area contributed by atoms with Crippen LogP contribution in [0.4, 0.5) is 4.79 Å². The number of benzene rings is 1. The number of amides is 1. The fraction of sp³-hybridized carbons (Fsp3) is 0.273. The van der Waals surface area contributed by atoms with Crippen molar-refractivity contribution in [1.29, 1.82) is 5.26 Å². The zero-order valence-electron chi connectivity index (χ0n) is 8.90. The summed E-state index contributed by atoms with van der Waals surface area (Å²) in [5.74, 6) is 1.20. The van der Waals surface area contributed by atoms with E-state index < -0.39 is 6.09 Å². The van der Waals surface area contributed by atoms with Gasteiger partial charge in [-0.2, -0.15) is 5.26 Å². The van der Waals surface area contributed by atoms with E-state index in [4.69, 9.17) is 10.00 Å². The Kier molecular flexibility index (Phi) is 5.23. The summed E-state index contributed by atoms with van der Waals surface area (Å²) in [4.78, 5) is 11.9. The van der Waals surface area contributed by atoms with Gasteiger partial charge in [-0.3, -0.25) is 0 Å². The predicted octanol–water partition coefficient (Wildman–Crippen LogP) is 2.41. The van der Waals surface area contributed by atoms with Crippen LogP contribution in [0.25, 0.3) is 0 Å². The van der Waals surface area contributed by atoms with E-state index in [0.29, 0.717) is 17.9 Å². The second-order valence-electron chi connectivity index (χ2n) is 2.84. The van der Waals surface area contributed by atoms with E-state index in [1.54, 1.807) is 12.1 Å². The summed E-state index contributed by atoms with van der Waals surface area (Å²) < 4.78 is 5.07. The lowest BCUT2D eigenvalue weighted by Gasteiger charge is -2.08. The minimum absolute atomic E-state index is 0.471. The first-order valence-corrected chi connectivity index (χ1v) is 5.75. The summed E-state index contributed by atoms with van der Waals surface area (Å²) in [6, 6.07) is 9.32. The van der Waals surface area contributed by atoms with Gasteiger partial charge in [-0.25, -0.2) is 4.79 Å². The molecule has 5 heteroatoms. The van der Waals surface area contributed by atoms with Gasteiger partial charge >= 0.3 is 6.09 Å². The van der Waals surface area contributed by atoms with Gasteiger partial charge in [0.2, 0.25) is 0 Å². The quantitative estimate of drug-likeness (QED) is 0.644. The molecule has 0 fully saturated rings. The molecular formula is C11H12N2O2S. The van der Waals surface area contributed by atoms with Crippen molar-refractivity contribution in [3.63, 3.8) is 0 Å². The molecule has 0 saturated carbocycles. The molecule has 1 aromatic rings. The smallest absolute Gasteiger partial charge is 0.409 e.